The molecule has 0 saturated heterocycles. The van der Waals surface area contributed by atoms with Gasteiger partial charge in [-0.3, -0.25) is 4.98 Å². The highest BCUT2D eigenvalue weighted by Crippen LogP contribution is 2.21. The molecule has 0 aliphatic carbocycles. The first kappa shape index (κ1) is 13.1. The molecule has 2 aromatic carbocycles. The number of nitrogen functional groups attached to an aromatic ring is 1. The summed E-state index contributed by atoms with van der Waals surface area (Å²) >= 11 is 0. The second kappa shape index (κ2) is 6.06. The molecule has 1 heterocycles. The van der Waals surface area contributed by atoms with Crippen molar-refractivity contribution in [1.29, 1.82) is 0 Å². The molecule has 0 radical (unpaired) electrons. The first-order valence-electron chi connectivity index (χ1n) is 6.86. The molecular formula is C19H16N2. The number of hydrogen-bond acceptors (Lipinski definition) is 2. The fourth-order valence-corrected chi connectivity index (χ4v) is 2.12. The Kier molecular flexibility index (Phi) is 3.79. The molecule has 0 aliphatic heterocycles. The quantitative estimate of drug-likeness (QED) is 0.713. The van der Waals surface area contributed by atoms with Crippen molar-refractivity contribution in [3.63, 3.8) is 0 Å². The van der Waals surface area contributed by atoms with Crippen molar-refractivity contribution < 1.29 is 0 Å². The van der Waals surface area contributed by atoms with Crippen LogP contribution < -0.4 is 5.73 Å². The van der Waals surface area contributed by atoms with E-state index in [2.05, 4.69) is 35.3 Å². The van der Waals surface area contributed by atoms with Gasteiger partial charge in [0.1, 0.15) is 0 Å². The van der Waals surface area contributed by atoms with Crippen molar-refractivity contribution in [1.82, 2.24) is 4.98 Å². The fourth-order valence-electron chi connectivity index (χ4n) is 2.12. The van der Waals surface area contributed by atoms with Crippen LogP contribution in [0.15, 0.2) is 72.9 Å². The van der Waals surface area contributed by atoms with E-state index in [0.29, 0.717) is 0 Å². The Bertz CT molecular complexity index is 727. The SMILES string of the molecule is Nc1ccc(-c2ccc(C=Cc3ccccn3)cc2)cc1. The van der Waals surface area contributed by atoms with Gasteiger partial charge in [-0.1, -0.05) is 48.5 Å². The maximum atomic E-state index is 5.71. The molecular weight excluding hydrogens is 256 g/mol. The third kappa shape index (κ3) is 3.37. The van der Waals surface area contributed by atoms with Gasteiger partial charge in [-0.05, 0) is 47.0 Å². The predicted molar refractivity (Wildman–Crippen MR) is 89.5 cm³/mol. The molecule has 0 unspecified atom stereocenters. The molecule has 2 heteroatoms. The molecule has 0 amide bonds. The molecule has 102 valence electrons. The van der Waals surface area contributed by atoms with E-state index in [0.717, 1.165) is 16.9 Å². The topological polar surface area (TPSA) is 38.9 Å². The van der Waals surface area contributed by atoms with Crippen LogP contribution in [0.1, 0.15) is 11.3 Å². The molecule has 3 rings (SSSR count). The van der Waals surface area contributed by atoms with Crippen molar-refractivity contribution in [2.75, 3.05) is 5.73 Å². The van der Waals surface area contributed by atoms with Crippen molar-refractivity contribution in [3.8, 4) is 11.1 Å². The minimum Gasteiger partial charge on any atom is -0.399 e. The van der Waals surface area contributed by atoms with Gasteiger partial charge < -0.3 is 5.73 Å². The highest BCUT2D eigenvalue weighted by Gasteiger charge is 1.97. The third-order valence-corrected chi connectivity index (χ3v) is 3.29. The Morgan fingerprint density at radius 2 is 1.38 bits per heavy atom. The third-order valence-electron chi connectivity index (χ3n) is 3.29. The van der Waals surface area contributed by atoms with Crippen LogP contribution in [0.25, 0.3) is 23.3 Å². The lowest BCUT2D eigenvalue weighted by Gasteiger charge is -2.03. The van der Waals surface area contributed by atoms with Gasteiger partial charge in [0.25, 0.3) is 0 Å². The summed E-state index contributed by atoms with van der Waals surface area (Å²) in [6.45, 7) is 0. The van der Waals surface area contributed by atoms with Crippen LogP contribution in [0, 0.1) is 0 Å². The summed E-state index contributed by atoms with van der Waals surface area (Å²) in [7, 11) is 0. The lowest BCUT2D eigenvalue weighted by Crippen LogP contribution is -1.84. The van der Waals surface area contributed by atoms with Gasteiger partial charge in [-0.2, -0.15) is 0 Å². The normalized spacial score (nSPS) is 10.9. The van der Waals surface area contributed by atoms with E-state index in [4.69, 9.17) is 5.73 Å². The molecule has 2 N–H and O–H groups in total. The van der Waals surface area contributed by atoms with Crippen molar-refractivity contribution >= 4 is 17.8 Å². The lowest BCUT2D eigenvalue weighted by atomic mass is 10.0. The molecule has 0 bridgehead atoms. The van der Waals surface area contributed by atoms with E-state index in [-0.39, 0.29) is 0 Å². The fraction of sp³-hybridized carbons (Fsp3) is 0. The molecule has 0 atom stereocenters. The molecule has 1 aromatic heterocycles. The summed E-state index contributed by atoms with van der Waals surface area (Å²) < 4.78 is 0. The van der Waals surface area contributed by atoms with Gasteiger partial charge in [0.15, 0.2) is 0 Å². The summed E-state index contributed by atoms with van der Waals surface area (Å²) in [6, 6.07) is 22.2. The van der Waals surface area contributed by atoms with Crippen LogP contribution in [0.4, 0.5) is 5.69 Å². The first-order chi connectivity index (χ1) is 10.3. The van der Waals surface area contributed by atoms with Gasteiger partial charge in [-0.25, -0.2) is 0 Å². The minimum absolute atomic E-state index is 0.786. The molecule has 0 aliphatic rings. The average Bonchev–Trinajstić information content (AvgIpc) is 2.55. The molecule has 0 fully saturated rings. The number of hydrogen-bond donors (Lipinski definition) is 1. The van der Waals surface area contributed by atoms with Gasteiger partial charge in [0, 0.05) is 11.9 Å². The van der Waals surface area contributed by atoms with Crippen LogP contribution in [0.3, 0.4) is 0 Å². The summed E-state index contributed by atoms with van der Waals surface area (Å²) in [6.07, 6.45) is 5.87. The van der Waals surface area contributed by atoms with Crippen LogP contribution in [0.5, 0.6) is 0 Å². The number of nitrogens with two attached hydrogens (primary N) is 1. The Balaban J connectivity index is 1.78. The zero-order valence-corrected chi connectivity index (χ0v) is 11.6. The maximum absolute atomic E-state index is 5.71. The maximum Gasteiger partial charge on any atom is 0.0629 e. The van der Waals surface area contributed by atoms with Gasteiger partial charge in [0.2, 0.25) is 0 Å². The van der Waals surface area contributed by atoms with E-state index in [9.17, 15) is 0 Å². The average molecular weight is 272 g/mol. The van der Waals surface area contributed by atoms with Crippen LogP contribution in [-0.2, 0) is 0 Å². The standard InChI is InChI=1S/C19H16N2/c20-18-11-9-17(10-12-18)16-7-4-15(5-8-16)6-13-19-3-1-2-14-21-19/h1-14H,20H2. The smallest absolute Gasteiger partial charge is 0.0629 e. The molecule has 21 heavy (non-hydrogen) atoms. The Morgan fingerprint density at radius 1 is 0.714 bits per heavy atom. The predicted octanol–water partition coefficient (Wildman–Crippen LogP) is 4.50. The van der Waals surface area contributed by atoms with Gasteiger partial charge >= 0.3 is 0 Å². The Morgan fingerprint density at radius 3 is 2.00 bits per heavy atom. The first-order valence-corrected chi connectivity index (χ1v) is 6.86. The highest BCUT2D eigenvalue weighted by atomic mass is 14.6. The van der Waals surface area contributed by atoms with Crippen LogP contribution in [0.2, 0.25) is 0 Å². The summed E-state index contributed by atoms with van der Waals surface area (Å²) in [5.74, 6) is 0. The monoisotopic (exact) mass is 272 g/mol. The number of pyridine rings is 1. The highest BCUT2D eigenvalue weighted by molar-refractivity contribution is 5.71. The number of anilines is 1. The number of rotatable bonds is 3. The van der Waals surface area contributed by atoms with Crippen molar-refractivity contribution in [3.05, 3.63) is 84.2 Å². The van der Waals surface area contributed by atoms with E-state index >= 15 is 0 Å². The van der Waals surface area contributed by atoms with Crippen LogP contribution in [-0.4, -0.2) is 4.98 Å². The largest absolute Gasteiger partial charge is 0.399 e. The van der Waals surface area contributed by atoms with E-state index < -0.39 is 0 Å². The number of aromatic nitrogens is 1. The van der Waals surface area contributed by atoms with Gasteiger partial charge in [-0.15, -0.1) is 0 Å². The minimum atomic E-state index is 0.786. The van der Waals surface area contributed by atoms with E-state index in [1.54, 1.807) is 6.20 Å². The van der Waals surface area contributed by atoms with Crippen molar-refractivity contribution in [2.45, 2.75) is 0 Å². The summed E-state index contributed by atoms with van der Waals surface area (Å²) in [5, 5.41) is 0. The second-order valence-electron chi connectivity index (χ2n) is 4.83. The lowest BCUT2D eigenvalue weighted by molar-refractivity contribution is 1.30. The van der Waals surface area contributed by atoms with Gasteiger partial charge in [0.05, 0.1) is 5.69 Å². The zero-order chi connectivity index (χ0) is 14.5. The Labute approximate surface area is 124 Å². The van der Waals surface area contributed by atoms with E-state index in [1.165, 1.54) is 11.1 Å². The second-order valence-corrected chi connectivity index (χ2v) is 4.83. The van der Waals surface area contributed by atoms with E-state index in [1.807, 2.05) is 48.5 Å². The van der Waals surface area contributed by atoms with Crippen LogP contribution >= 0.6 is 0 Å². The summed E-state index contributed by atoms with van der Waals surface area (Å²) in [5.41, 5.74) is 11.0. The number of nitrogens with zero attached hydrogens (tertiary/aromatic N) is 1. The zero-order valence-electron chi connectivity index (χ0n) is 11.6. The molecule has 3 aromatic rings. The molecule has 0 spiro atoms. The molecule has 2 nitrogen and oxygen atoms in total. The summed E-state index contributed by atoms with van der Waals surface area (Å²) in [4.78, 5) is 4.27. The van der Waals surface area contributed by atoms with Crippen molar-refractivity contribution in [2.24, 2.45) is 0 Å². The number of benzene rings is 2. The molecule has 0 saturated carbocycles. The Hall–Kier alpha value is -2.87.